The van der Waals surface area contributed by atoms with E-state index in [2.05, 4.69) is 54.3 Å². The van der Waals surface area contributed by atoms with Crippen molar-refractivity contribution in [3.05, 3.63) is 64.8 Å². The third-order valence-corrected chi connectivity index (χ3v) is 6.66. The van der Waals surface area contributed by atoms with Crippen LogP contribution in [0.2, 0.25) is 0 Å². The van der Waals surface area contributed by atoms with Gasteiger partial charge in [0.15, 0.2) is 0 Å². The Balaban J connectivity index is 1.69. The molecule has 1 unspecified atom stereocenters. The number of fused-ring (bicyclic) bond motifs is 1. The number of benzene rings is 1. The predicted molar refractivity (Wildman–Crippen MR) is 109 cm³/mol. The van der Waals surface area contributed by atoms with Gasteiger partial charge in [-0.2, -0.15) is 0 Å². The molecule has 1 fully saturated rings. The Labute approximate surface area is 163 Å². The fourth-order valence-electron chi connectivity index (χ4n) is 3.86. The summed E-state index contributed by atoms with van der Waals surface area (Å²) in [6, 6.07) is 15.1. The number of thiophene rings is 1. The van der Waals surface area contributed by atoms with Gasteiger partial charge in [-0.05, 0) is 61.5 Å². The maximum Gasteiger partial charge on any atom is 0.306 e. The summed E-state index contributed by atoms with van der Waals surface area (Å²) in [5, 5.41) is 10.6. The molecule has 0 aliphatic carbocycles. The van der Waals surface area contributed by atoms with Crippen molar-refractivity contribution in [2.75, 3.05) is 13.1 Å². The number of likely N-dealkylation sites (tertiary alicyclic amines) is 1. The lowest BCUT2D eigenvalue weighted by atomic mass is 9.95. The fourth-order valence-corrected chi connectivity index (χ4v) is 5.07. The number of piperidine rings is 1. The first-order valence-electron chi connectivity index (χ1n) is 9.56. The Morgan fingerprint density at radius 1 is 1.26 bits per heavy atom. The number of aryl methyl sites for hydroxylation is 1. The zero-order valence-corrected chi connectivity index (χ0v) is 16.3. The van der Waals surface area contributed by atoms with Gasteiger partial charge < -0.3 is 5.11 Å². The van der Waals surface area contributed by atoms with Crippen molar-refractivity contribution < 1.29 is 9.90 Å². The molecule has 2 aromatic heterocycles. The number of hydrogen-bond donors (Lipinski definition) is 1. The molecule has 1 aliphatic heterocycles. The van der Waals surface area contributed by atoms with Gasteiger partial charge in [0.1, 0.15) is 0 Å². The topological polar surface area (TPSA) is 53.4 Å². The smallest absolute Gasteiger partial charge is 0.306 e. The number of carboxylic acids is 1. The predicted octanol–water partition coefficient (Wildman–Crippen LogP) is 4.74. The number of pyridine rings is 1. The van der Waals surface area contributed by atoms with Gasteiger partial charge in [0.05, 0.1) is 17.7 Å². The van der Waals surface area contributed by atoms with Gasteiger partial charge in [-0.3, -0.25) is 14.7 Å². The first-order chi connectivity index (χ1) is 13.2. The fraction of sp³-hybridized carbons (Fsp3) is 0.364. The van der Waals surface area contributed by atoms with E-state index in [9.17, 15) is 9.90 Å². The first-order valence-corrected chi connectivity index (χ1v) is 10.4. The Bertz CT molecular complexity index is 894. The third-order valence-electron chi connectivity index (χ3n) is 5.49. The minimum atomic E-state index is -0.668. The molecule has 1 aromatic carbocycles. The number of rotatable bonds is 5. The van der Waals surface area contributed by atoms with E-state index in [1.165, 1.54) is 20.5 Å². The number of nitrogens with zero attached hydrogens (tertiary/aromatic N) is 2. The van der Waals surface area contributed by atoms with Crippen LogP contribution < -0.4 is 0 Å². The monoisotopic (exact) mass is 380 g/mol. The molecule has 3 aromatic rings. The quantitative estimate of drug-likeness (QED) is 0.694. The number of carboxylic acid groups (broad SMARTS) is 1. The van der Waals surface area contributed by atoms with E-state index in [1.54, 1.807) is 0 Å². The van der Waals surface area contributed by atoms with Gasteiger partial charge in [-0.25, -0.2) is 0 Å². The maximum atomic E-state index is 11.3. The highest BCUT2D eigenvalue weighted by molar-refractivity contribution is 7.19. The van der Waals surface area contributed by atoms with Crippen LogP contribution in [-0.2, 0) is 11.2 Å². The Morgan fingerprint density at radius 3 is 2.67 bits per heavy atom. The normalized spacial score (nSPS) is 17.2. The van der Waals surface area contributed by atoms with Crippen molar-refractivity contribution in [3.63, 3.8) is 0 Å². The van der Waals surface area contributed by atoms with Crippen molar-refractivity contribution in [1.82, 2.24) is 9.88 Å². The van der Waals surface area contributed by atoms with Crippen LogP contribution in [0.15, 0.2) is 48.7 Å². The highest BCUT2D eigenvalue weighted by atomic mass is 32.1. The maximum absolute atomic E-state index is 11.3. The second-order valence-corrected chi connectivity index (χ2v) is 8.30. The molecular formula is C22H24N2O2S. The van der Waals surface area contributed by atoms with E-state index in [0.717, 1.165) is 25.2 Å². The summed E-state index contributed by atoms with van der Waals surface area (Å²) >= 11 is 1.81. The highest BCUT2D eigenvalue weighted by Gasteiger charge is 2.31. The SMILES string of the molecule is CCc1ccc(C(c2cc3ccccc3s2)N2CCC(C(=O)O)CC2)nc1. The molecule has 5 heteroatoms. The number of hydrogen-bond acceptors (Lipinski definition) is 4. The van der Waals surface area contributed by atoms with Crippen molar-refractivity contribution >= 4 is 27.4 Å². The zero-order valence-electron chi connectivity index (χ0n) is 15.5. The van der Waals surface area contributed by atoms with Crippen molar-refractivity contribution in [2.45, 2.75) is 32.2 Å². The van der Waals surface area contributed by atoms with Crippen LogP contribution in [0.5, 0.6) is 0 Å². The van der Waals surface area contributed by atoms with E-state index in [1.807, 2.05) is 17.5 Å². The minimum Gasteiger partial charge on any atom is -0.481 e. The lowest BCUT2D eigenvalue weighted by Gasteiger charge is -2.35. The van der Waals surface area contributed by atoms with Crippen LogP contribution in [0.25, 0.3) is 10.1 Å². The average molecular weight is 381 g/mol. The summed E-state index contributed by atoms with van der Waals surface area (Å²) < 4.78 is 1.28. The molecule has 4 rings (SSSR count). The molecule has 0 radical (unpaired) electrons. The van der Waals surface area contributed by atoms with Gasteiger partial charge in [0.25, 0.3) is 0 Å². The molecule has 27 heavy (non-hydrogen) atoms. The number of aliphatic carboxylic acids is 1. The van der Waals surface area contributed by atoms with E-state index in [-0.39, 0.29) is 12.0 Å². The van der Waals surface area contributed by atoms with Gasteiger partial charge in [0.2, 0.25) is 0 Å². The lowest BCUT2D eigenvalue weighted by molar-refractivity contribution is -0.143. The van der Waals surface area contributed by atoms with Crippen molar-refractivity contribution in [1.29, 1.82) is 0 Å². The van der Waals surface area contributed by atoms with Gasteiger partial charge >= 0.3 is 5.97 Å². The summed E-state index contributed by atoms with van der Waals surface area (Å²) in [5.41, 5.74) is 2.28. The molecule has 1 aliphatic rings. The molecule has 1 saturated heterocycles. The highest BCUT2D eigenvalue weighted by Crippen LogP contribution is 2.38. The van der Waals surface area contributed by atoms with Gasteiger partial charge in [0, 0.05) is 15.8 Å². The molecule has 0 saturated carbocycles. The van der Waals surface area contributed by atoms with Crippen LogP contribution in [-0.4, -0.2) is 34.0 Å². The van der Waals surface area contributed by atoms with Gasteiger partial charge in [-0.15, -0.1) is 11.3 Å². The molecule has 1 N–H and O–H groups in total. The molecular weight excluding hydrogens is 356 g/mol. The van der Waals surface area contributed by atoms with Crippen LogP contribution in [0.1, 0.15) is 41.9 Å². The van der Waals surface area contributed by atoms with Crippen LogP contribution in [0.4, 0.5) is 0 Å². The Kier molecular flexibility index (Phi) is 5.23. The molecule has 4 nitrogen and oxygen atoms in total. The average Bonchev–Trinajstić information content (AvgIpc) is 3.12. The number of carbonyl (C=O) groups is 1. The summed E-state index contributed by atoms with van der Waals surface area (Å²) in [7, 11) is 0. The van der Waals surface area contributed by atoms with Gasteiger partial charge in [-0.1, -0.05) is 31.2 Å². The summed E-state index contributed by atoms with van der Waals surface area (Å²) in [6.07, 6.45) is 4.35. The van der Waals surface area contributed by atoms with Crippen LogP contribution >= 0.6 is 11.3 Å². The van der Waals surface area contributed by atoms with Crippen molar-refractivity contribution in [3.8, 4) is 0 Å². The molecule has 0 bridgehead atoms. The Morgan fingerprint density at radius 2 is 2.04 bits per heavy atom. The first kappa shape index (κ1) is 18.1. The largest absolute Gasteiger partial charge is 0.481 e. The van der Waals surface area contributed by atoms with E-state index >= 15 is 0 Å². The minimum absolute atomic E-state index is 0.0862. The molecule has 1 atom stereocenters. The van der Waals surface area contributed by atoms with E-state index in [0.29, 0.717) is 12.8 Å². The summed E-state index contributed by atoms with van der Waals surface area (Å²) in [4.78, 5) is 19.8. The van der Waals surface area contributed by atoms with Crippen LogP contribution in [0, 0.1) is 5.92 Å². The molecule has 140 valence electrons. The standard InChI is InChI=1S/C22H24N2O2S/c1-2-15-7-8-18(23-14-15)21(24-11-9-16(10-12-24)22(25)26)20-13-17-5-3-4-6-19(17)27-20/h3-8,13-14,16,21H,2,9-12H2,1H3,(H,25,26). The van der Waals surface area contributed by atoms with Crippen LogP contribution in [0.3, 0.4) is 0 Å². The van der Waals surface area contributed by atoms with E-state index < -0.39 is 5.97 Å². The lowest BCUT2D eigenvalue weighted by Crippen LogP contribution is -2.39. The third kappa shape index (κ3) is 3.75. The summed E-state index contributed by atoms with van der Waals surface area (Å²) in [6.45, 7) is 3.71. The molecule has 3 heterocycles. The summed E-state index contributed by atoms with van der Waals surface area (Å²) in [5.74, 6) is -0.891. The number of aromatic nitrogens is 1. The van der Waals surface area contributed by atoms with E-state index in [4.69, 9.17) is 4.98 Å². The molecule has 0 amide bonds. The zero-order chi connectivity index (χ0) is 18.8. The second-order valence-electron chi connectivity index (χ2n) is 7.18. The Hall–Kier alpha value is -2.24. The molecule has 0 spiro atoms. The van der Waals surface area contributed by atoms with Crippen molar-refractivity contribution in [2.24, 2.45) is 5.92 Å². The second kappa shape index (κ2) is 7.79.